The monoisotopic (exact) mass is 495 g/mol. The van der Waals surface area contributed by atoms with Crippen molar-refractivity contribution < 1.29 is 18.7 Å². The molecule has 174 valence electrons. The molecule has 0 saturated carbocycles. The molecule has 9 heteroatoms. The molecule has 0 bridgehead atoms. The van der Waals surface area contributed by atoms with Crippen LogP contribution in [0, 0.1) is 0 Å². The van der Waals surface area contributed by atoms with Gasteiger partial charge in [-0.3, -0.25) is 14.9 Å². The number of furan rings is 1. The minimum atomic E-state index is -0.328. The molecule has 0 radical (unpaired) electrons. The van der Waals surface area contributed by atoms with E-state index in [1.807, 2.05) is 43.3 Å². The molecule has 2 N–H and O–H groups in total. The van der Waals surface area contributed by atoms with E-state index in [1.165, 1.54) is 17.4 Å². The summed E-state index contributed by atoms with van der Waals surface area (Å²) in [5, 5.41) is 9.03. The van der Waals surface area contributed by atoms with E-state index in [-0.39, 0.29) is 18.2 Å². The lowest BCUT2D eigenvalue weighted by atomic mass is 9.99. The molecule has 2 aromatic carbocycles. The van der Waals surface area contributed by atoms with Crippen molar-refractivity contribution >= 4 is 56.4 Å². The maximum Gasteiger partial charge on any atom is 0.250 e. The molecule has 2 aromatic heterocycles. The molecule has 4 rings (SSSR count). The van der Waals surface area contributed by atoms with Gasteiger partial charge in [0.25, 0.3) is 0 Å². The zero-order chi connectivity index (χ0) is 24.2. The summed E-state index contributed by atoms with van der Waals surface area (Å²) in [6.45, 7) is 1.84. The van der Waals surface area contributed by atoms with Crippen LogP contribution in [0.15, 0.2) is 58.5 Å². The highest BCUT2D eigenvalue weighted by atomic mass is 35.5. The molecule has 0 unspecified atom stereocenters. The maximum atomic E-state index is 12.6. The molecule has 34 heavy (non-hydrogen) atoms. The van der Waals surface area contributed by atoms with Crippen LogP contribution in [0.4, 0.5) is 5.13 Å². The largest absolute Gasteiger partial charge is 0.496 e. The van der Waals surface area contributed by atoms with E-state index in [1.54, 1.807) is 25.8 Å². The van der Waals surface area contributed by atoms with E-state index in [2.05, 4.69) is 15.6 Å². The summed E-state index contributed by atoms with van der Waals surface area (Å²) in [4.78, 5) is 28.4. The number of allylic oxidation sites excluding steroid dienone is 1. The third kappa shape index (κ3) is 5.13. The van der Waals surface area contributed by atoms with Crippen molar-refractivity contribution in [2.75, 3.05) is 19.5 Å². The molecule has 2 heterocycles. The van der Waals surface area contributed by atoms with E-state index < -0.39 is 0 Å². The molecule has 0 spiro atoms. The van der Waals surface area contributed by atoms with Crippen molar-refractivity contribution in [3.63, 3.8) is 0 Å². The Morgan fingerprint density at radius 1 is 1.24 bits per heavy atom. The number of likely N-dealkylation sites (N-methyl/N-ethyl adjacent to an activating group) is 1. The summed E-state index contributed by atoms with van der Waals surface area (Å²) < 4.78 is 11.3. The van der Waals surface area contributed by atoms with E-state index in [0.717, 1.165) is 22.1 Å². The molecule has 7 nitrogen and oxygen atoms in total. The summed E-state index contributed by atoms with van der Waals surface area (Å²) >= 11 is 7.29. The number of benzene rings is 2. The fraction of sp³-hybridized carbons (Fsp3) is 0.160. The van der Waals surface area contributed by atoms with Gasteiger partial charge in [-0.1, -0.05) is 23.7 Å². The third-order valence-corrected chi connectivity index (χ3v) is 6.28. The number of amides is 2. The smallest absolute Gasteiger partial charge is 0.250 e. The number of ether oxygens (including phenoxy) is 1. The predicted octanol–water partition coefficient (Wildman–Crippen LogP) is 5.55. The third-order valence-electron chi connectivity index (χ3n) is 5.23. The highest BCUT2D eigenvalue weighted by molar-refractivity contribution is 7.14. The number of nitrogens with zero attached hydrogens (tertiary/aromatic N) is 1. The number of halogens is 1. The standard InChI is InChI=1S/C25H22ClN3O4S/c1-14(8-24(31)29-25-28-17(13-34-25)9-23(30)27-2)18-10-19-20(15-4-6-16(26)7-5-15)12-33-22(19)11-21(18)32-3/h4-8,10-13H,9H2,1-3H3,(H,27,30)(H,28,29,31)/b14-8+. The summed E-state index contributed by atoms with van der Waals surface area (Å²) in [6, 6.07) is 11.3. The second-order valence-electron chi connectivity index (χ2n) is 7.52. The van der Waals surface area contributed by atoms with E-state index in [9.17, 15) is 9.59 Å². The van der Waals surface area contributed by atoms with Gasteiger partial charge in [0.15, 0.2) is 5.13 Å². The number of nitrogens with one attached hydrogen (secondary N) is 2. The van der Waals surface area contributed by atoms with Crippen LogP contribution >= 0.6 is 22.9 Å². The van der Waals surface area contributed by atoms with Gasteiger partial charge in [-0.05, 0) is 36.3 Å². The number of fused-ring (bicyclic) bond motifs is 1. The average Bonchev–Trinajstić information content (AvgIpc) is 3.44. The highest BCUT2D eigenvalue weighted by Gasteiger charge is 2.15. The highest BCUT2D eigenvalue weighted by Crippen LogP contribution is 2.37. The van der Waals surface area contributed by atoms with Gasteiger partial charge in [0, 0.05) is 46.1 Å². The molecule has 4 aromatic rings. The number of thiazole rings is 1. The number of aromatic nitrogens is 1. The first-order valence-corrected chi connectivity index (χ1v) is 11.6. The summed E-state index contributed by atoms with van der Waals surface area (Å²) in [5.41, 5.74) is 4.63. The van der Waals surface area contributed by atoms with Gasteiger partial charge in [0.1, 0.15) is 11.3 Å². The number of carbonyl (C=O) groups is 2. The van der Waals surface area contributed by atoms with Crippen LogP contribution in [0.1, 0.15) is 18.2 Å². The molecule has 0 fully saturated rings. The van der Waals surface area contributed by atoms with Crippen LogP contribution in [0.5, 0.6) is 5.75 Å². The first kappa shape index (κ1) is 23.5. The minimum absolute atomic E-state index is 0.140. The summed E-state index contributed by atoms with van der Waals surface area (Å²) in [7, 11) is 3.14. The van der Waals surface area contributed by atoms with Crippen molar-refractivity contribution in [2.45, 2.75) is 13.3 Å². The number of anilines is 1. The van der Waals surface area contributed by atoms with Crippen LogP contribution in [-0.2, 0) is 16.0 Å². The number of rotatable bonds is 7. The van der Waals surface area contributed by atoms with Gasteiger partial charge in [0.05, 0.1) is 25.5 Å². The lowest BCUT2D eigenvalue weighted by molar-refractivity contribution is -0.120. The van der Waals surface area contributed by atoms with Gasteiger partial charge < -0.3 is 14.5 Å². The fourth-order valence-corrected chi connectivity index (χ4v) is 4.34. The fourth-order valence-electron chi connectivity index (χ4n) is 3.50. The number of hydrogen-bond donors (Lipinski definition) is 2. The second kappa shape index (κ2) is 10.1. The van der Waals surface area contributed by atoms with Crippen molar-refractivity contribution in [2.24, 2.45) is 0 Å². The van der Waals surface area contributed by atoms with Gasteiger partial charge in [-0.2, -0.15) is 0 Å². The van der Waals surface area contributed by atoms with Crippen molar-refractivity contribution in [3.05, 3.63) is 70.4 Å². The van der Waals surface area contributed by atoms with Gasteiger partial charge in [0.2, 0.25) is 11.8 Å². The molecule has 0 aliphatic carbocycles. The van der Waals surface area contributed by atoms with Gasteiger partial charge >= 0.3 is 0 Å². The van der Waals surface area contributed by atoms with Crippen molar-refractivity contribution in [3.8, 4) is 16.9 Å². The Balaban J connectivity index is 1.61. The Hall–Kier alpha value is -3.62. The maximum absolute atomic E-state index is 12.6. The Morgan fingerprint density at radius 2 is 2.00 bits per heavy atom. The summed E-state index contributed by atoms with van der Waals surface area (Å²) in [5.74, 6) is 0.123. The van der Waals surface area contributed by atoms with Crippen LogP contribution < -0.4 is 15.4 Å². The Labute approximate surface area is 205 Å². The van der Waals surface area contributed by atoms with Crippen molar-refractivity contribution in [1.82, 2.24) is 10.3 Å². The molecule has 0 atom stereocenters. The van der Waals surface area contributed by atoms with E-state index in [0.29, 0.717) is 32.8 Å². The SMILES string of the molecule is CNC(=O)Cc1csc(NC(=O)/C=C(\C)c2cc3c(-c4ccc(Cl)cc4)coc3cc2OC)n1. The normalized spacial score (nSPS) is 11.5. The molecule has 0 aliphatic heterocycles. The first-order chi connectivity index (χ1) is 16.4. The second-order valence-corrected chi connectivity index (χ2v) is 8.81. The first-order valence-electron chi connectivity index (χ1n) is 10.4. The molecule has 0 saturated heterocycles. The Morgan fingerprint density at radius 3 is 2.71 bits per heavy atom. The van der Waals surface area contributed by atoms with Crippen LogP contribution in [0.2, 0.25) is 5.02 Å². The minimum Gasteiger partial charge on any atom is -0.496 e. The molecular weight excluding hydrogens is 474 g/mol. The Kier molecular flexibility index (Phi) is 7.00. The van der Waals surface area contributed by atoms with E-state index in [4.69, 9.17) is 20.8 Å². The quantitative estimate of drug-likeness (QED) is 0.328. The molecular formula is C25H22ClN3O4S. The molecule has 0 aliphatic rings. The van der Waals surface area contributed by atoms with Gasteiger partial charge in [-0.25, -0.2) is 4.98 Å². The molecule has 2 amide bonds. The lowest BCUT2D eigenvalue weighted by Gasteiger charge is -2.10. The predicted molar refractivity (Wildman–Crippen MR) is 135 cm³/mol. The van der Waals surface area contributed by atoms with Crippen LogP contribution in [-0.4, -0.2) is 31.0 Å². The Bertz CT molecular complexity index is 1390. The van der Waals surface area contributed by atoms with Crippen LogP contribution in [0.25, 0.3) is 27.7 Å². The zero-order valence-corrected chi connectivity index (χ0v) is 20.3. The topological polar surface area (TPSA) is 93.5 Å². The van der Waals surface area contributed by atoms with Crippen LogP contribution in [0.3, 0.4) is 0 Å². The van der Waals surface area contributed by atoms with Crippen molar-refractivity contribution in [1.29, 1.82) is 0 Å². The zero-order valence-electron chi connectivity index (χ0n) is 18.8. The lowest BCUT2D eigenvalue weighted by Crippen LogP contribution is -2.20. The van der Waals surface area contributed by atoms with E-state index >= 15 is 0 Å². The number of hydrogen-bond acceptors (Lipinski definition) is 6. The average molecular weight is 496 g/mol. The summed E-state index contributed by atoms with van der Waals surface area (Å²) in [6.07, 6.45) is 3.35. The van der Waals surface area contributed by atoms with Gasteiger partial charge in [-0.15, -0.1) is 11.3 Å². The number of methoxy groups -OCH3 is 1. The number of carbonyl (C=O) groups excluding carboxylic acids is 2.